The van der Waals surface area contributed by atoms with E-state index in [0.717, 1.165) is 46.5 Å². The molecule has 2 amide bonds. The summed E-state index contributed by atoms with van der Waals surface area (Å²) in [6.45, 7) is 0.239. The number of aryl methyl sites for hydroxylation is 1. The molecule has 2 aromatic rings. The van der Waals surface area contributed by atoms with Crippen molar-refractivity contribution < 1.29 is 22.8 Å². The Kier molecular flexibility index (Phi) is 7.35. The Hall–Kier alpha value is -2.75. The highest BCUT2D eigenvalue weighted by Crippen LogP contribution is 2.31. The van der Waals surface area contributed by atoms with Gasteiger partial charge >= 0.3 is 0 Å². The average Bonchev–Trinajstić information content (AvgIpc) is 2.81. The molecule has 4 rings (SSSR count). The second-order valence-corrected chi connectivity index (χ2v) is 10.8. The molecule has 1 aliphatic heterocycles. The molecule has 1 heterocycles. The highest BCUT2D eigenvalue weighted by atomic mass is 35.5. The predicted molar refractivity (Wildman–Crippen MR) is 127 cm³/mol. The van der Waals surface area contributed by atoms with Crippen LogP contribution in [0.3, 0.4) is 0 Å². The largest absolute Gasteiger partial charge is 0.353 e. The molecule has 0 bridgehead atoms. The van der Waals surface area contributed by atoms with E-state index in [1.807, 2.05) is 18.2 Å². The van der Waals surface area contributed by atoms with Gasteiger partial charge in [-0.3, -0.25) is 9.59 Å². The van der Waals surface area contributed by atoms with Crippen LogP contribution in [0, 0.1) is 0 Å². The Morgan fingerprint density at radius 1 is 1.21 bits per heavy atom. The number of halogens is 1. The Morgan fingerprint density at radius 2 is 1.97 bits per heavy atom. The number of sulfonamides is 1. The maximum absolute atomic E-state index is 13.2. The number of carbonyl (C=O) groups is 3. The van der Waals surface area contributed by atoms with Crippen LogP contribution >= 0.6 is 11.6 Å². The van der Waals surface area contributed by atoms with E-state index in [-0.39, 0.29) is 30.4 Å². The van der Waals surface area contributed by atoms with Crippen molar-refractivity contribution in [3.63, 3.8) is 0 Å². The summed E-state index contributed by atoms with van der Waals surface area (Å²) in [6.07, 6.45) is 3.42. The Labute approximate surface area is 203 Å². The molecule has 1 saturated heterocycles. The van der Waals surface area contributed by atoms with E-state index < -0.39 is 27.9 Å². The van der Waals surface area contributed by atoms with E-state index in [0.29, 0.717) is 11.4 Å². The molecule has 10 heteroatoms. The first kappa shape index (κ1) is 24.4. The van der Waals surface area contributed by atoms with Gasteiger partial charge in [0.1, 0.15) is 12.3 Å². The number of amides is 2. The second-order valence-electron chi connectivity index (χ2n) is 8.50. The minimum Gasteiger partial charge on any atom is -0.353 e. The predicted octanol–water partition coefficient (Wildman–Crippen LogP) is 2.15. The number of nitrogens with one attached hydrogen (secondary N) is 2. The van der Waals surface area contributed by atoms with Crippen LogP contribution in [0.25, 0.3) is 0 Å². The number of hydrogen-bond donors (Lipinski definition) is 2. The van der Waals surface area contributed by atoms with Crippen molar-refractivity contribution in [3.8, 4) is 0 Å². The number of hydrogen-bond acceptors (Lipinski definition) is 5. The summed E-state index contributed by atoms with van der Waals surface area (Å²) in [7, 11) is -3.99. The minimum absolute atomic E-state index is 0.0179. The minimum atomic E-state index is -3.99. The Morgan fingerprint density at radius 3 is 2.71 bits per heavy atom. The maximum atomic E-state index is 13.2. The third-order valence-electron chi connectivity index (χ3n) is 6.26. The number of carbonyl (C=O) groups excluding carboxylic acids is 3. The fourth-order valence-electron chi connectivity index (χ4n) is 4.59. The van der Waals surface area contributed by atoms with E-state index >= 15 is 0 Å². The molecule has 2 aliphatic rings. The molecule has 8 nitrogen and oxygen atoms in total. The van der Waals surface area contributed by atoms with Crippen LogP contribution in [0.4, 0.5) is 0 Å². The van der Waals surface area contributed by atoms with Gasteiger partial charge in [0.15, 0.2) is 0 Å². The lowest BCUT2D eigenvalue weighted by Gasteiger charge is -2.34. The lowest BCUT2D eigenvalue weighted by molar-refractivity contribution is -0.132. The van der Waals surface area contributed by atoms with Gasteiger partial charge in [0.2, 0.25) is 21.8 Å². The van der Waals surface area contributed by atoms with E-state index in [1.165, 1.54) is 24.3 Å². The lowest BCUT2D eigenvalue weighted by atomic mass is 9.86. The van der Waals surface area contributed by atoms with Gasteiger partial charge in [-0.25, -0.2) is 8.42 Å². The van der Waals surface area contributed by atoms with Crippen molar-refractivity contribution >= 4 is 39.7 Å². The maximum Gasteiger partial charge on any atom is 0.243 e. The Bertz CT molecular complexity index is 1200. The molecule has 180 valence electrons. The summed E-state index contributed by atoms with van der Waals surface area (Å²) in [6, 6.07) is 10.2. The van der Waals surface area contributed by atoms with E-state index in [1.54, 1.807) is 0 Å². The zero-order valence-electron chi connectivity index (χ0n) is 18.5. The number of benzene rings is 2. The first-order chi connectivity index (χ1) is 16.3. The molecule has 1 unspecified atom stereocenters. The third-order valence-corrected chi connectivity index (χ3v) is 8.43. The quantitative estimate of drug-likeness (QED) is 0.562. The Balaban J connectivity index is 1.51. The SMILES string of the molecule is O=CCc1ccc2c(c1)CCC[C@H]2NC(=O)CC1C(=O)NCCN1S(=O)(=O)c1ccc(Cl)cc1. The number of piperazine rings is 1. The zero-order valence-corrected chi connectivity index (χ0v) is 20.1. The number of fused-ring (bicyclic) bond motifs is 1. The number of rotatable bonds is 7. The summed E-state index contributed by atoms with van der Waals surface area (Å²) < 4.78 is 27.5. The average molecular weight is 504 g/mol. The van der Waals surface area contributed by atoms with Gasteiger partial charge < -0.3 is 15.4 Å². The molecule has 34 heavy (non-hydrogen) atoms. The second kappa shape index (κ2) is 10.2. The fraction of sp³-hybridized carbons (Fsp3) is 0.375. The lowest BCUT2D eigenvalue weighted by Crippen LogP contribution is -2.58. The van der Waals surface area contributed by atoms with E-state index in [9.17, 15) is 22.8 Å². The van der Waals surface area contributed by atoms with Crippen molar-refractivity contribution in [3.05, 3.63) is 64.2 Å². The first-order valence-corrected chi connectivity index (χ1v) is 13.0. The van der Waals surface area contributed by atoms with Gasteiger partial charge in [-0.05, 0) is 60.2 Å². The summed E-state index contributed by atoms with van der Waals surface area (Å²) in [4.78, 5) is 36.4. The molecular formula is C24H26ClN3O5S. The summed E-state index contributed by atoms with van der Waals surface area (Å²) in [5, 5.41) is 6.05. The van der Waals surface area contributed by atoms with E-state index in [2.05, 4.69) is 10.6 Å². The third kappa shape index (κ3) is 5.16. The zero-order chi connectivity index (χ0) is 24.3. The van der Waals surface area contributed by atoms with Crippen LogP contribution in [0.5, 0.6) is 0 Å². The van der Waals surface area contributed by atoms with Crippen molar-refractivity contribution in [1.29, 1.82) is 0 Å². The molecule has 0 saturated carbocycles. The van der Waals surface area contributed by atoms with Crippen LogP contribution < -0.4 is 10.6 Å². The topological polar surface area (TPSA) is 113 Å². The van der Waals surface area contributed by atoms with Crippen LogP contribution in [-0.4, -0.2) is 50.0 Å². The van der Waals surface area contributed by atoms with Crippen molar-refractivity contribution in [1.82, 2.24) is 14.9 Å². The standard InChI is InChI=1S/C24H26ClN3O5S/c25-18-5-7-19(8-6-18)34(32,33)28-12-11-26-24(31)22(28)15-23(30)27-21-3-1-2-17-14-16(10-13-29)4-9-20(17)21/h4-9,13-14,21-22H,1-3,10-12,15H2,(H,26,31)(H,27,30)/t21-,22?/m1/s1. The molecule has 1 fully saturated rings. The number of aldehydes is 1. The monoisotopic (exact) mass is 503 g/mol. The van der Waals surface area contributed by atoms with Gasteiger partial charge in [0.05, 0.1) is 17.4 Å². The van der Waals surface area contributed by atoms with Crippen LogP contribution in [0.2, 0.25) is 5.02 Å². The van der Waals surface area contributed by atoms with Crippen LogP contribution in [0.15, 0.2) is 47.4 Å². The molecule has 1 aliphatic carbocycles. The van der Waals surface area contributed by atoms with Crippen molar-refractivity contribution in [2.75, 3.05) is 13.1 Å². The molecule has 2 aromatic carbocycles. The van der Waals surface area contributed by atoms with Gasteiger partial charge in [0.25, 0.3) is 0 Å². The highest BCUT2D eigenvalue weighted by Gasteiger charge is 2.40. The van der Waals surface area contributed by atoms with Crippen LogP contribution in [0.1, 0.15) is 42.0 Å². The van der Waals surface area contributed by atoms with E-state index in [4.69, 9.17) is 11.6 Å². The van der Waals surface area contributed by atoms with Gasteiger partial charge in [0, 0.05) is 24.5 Å². The smallest absolute Gasteiger partial charge is 0.243 e. The summed E-state index contributed by atoms with van der Waals surface area (Å²) in [5.41, 5.74) is 3.02. The molecule has 2 N–H and O–H groups in total. The van der Waals surface area contributed by atoms with Gasteiger partial charge in [-0.1, -0.05) is 29.8 Å². The van der Waals surface area contributed by atoms with Gasteiger partial charge in [-0.15, -0.1) is 0 Å². The molecule has 2 atom stereocenters. The molecular weight excluding hydrogens is 478 g/mol. The van der Waals surface area contributed by atoms with Crippen LogP contribution in [-0.2, 0) is 37.2 Å². The first-order valence-electron chi connectivity index (χ1n) is 11.2. The number of nitrogens with zero attached hydrogens (tertiary/aromatic N) is 1. The fourth-order valence-corrected chi connectivity index (χ4v) is 6.30. The van der Waals surface area contributed by atoms with Gasteiger partial charge in [-0.2, -0.15) is 4.31 Å². The molecule has 0 spiro atoms. The van der Waals surface area contributed by atoms with Crippen molar-refractivity contribution in [2.45, 2.75) is 49.1 Å². The summed E-state index contributed by atoms with van der Waals surface area (Å²) in [5.74, 6) is -0.894. The normalized spacial score (nSPS) is 20.8. The van der Waals surface area contributed by atoms with Crippen molar-refractivity contribution in [2.24, 2.45) is 0 Å². The summed E-state index contributed by atoms with van der Waals surface area (Å²) >= 11 is 5.88. The highest BCUT2D eigenvalue weighted by molar-refractivity contribution is 7.89. The molecule has 0 aromatic heterocycles. The molecule has 0 radical (unpaired) electrons.